The van der Waals surface area contributed by atoms with Gasteiger partial charge < -0.3 is 15.0 Å². The van der Waals surface area contributed by atoms with Crippen LogP contribution in [-0.4, -0.2) is 36.3 Å². The Balaban J connectivity index is 1.42. The molecule has 0 spiro atoms. The first-order chi connectivity index (χ1) is 13.3. The molecule has 0 radical (unpaired) electrons. The summed E-state index contributed by atoms with van der Waals surface area (Å²) in [5.41, 5.74) is 3.45. The van der Waals surface area contributed by atoms with Gasteiger partial charge in [0.15, 0.2) is 0 Å². The van der Waals surface area contributed by atoms with Crippen molar-refractivity contribution >= 4 is 29.1 Å². The summed E-state index contributed by atoms with van der Waals surface area (Å²) in [4.78, 5) is 12.5. The minimum atomic E-state index is 0.603. The van der Waals surface area contributed by atoms with E-state index in [1.54, 1.807) is 18.0 Å². The number of hydrogen-bond donors (Lipinski definition) is 1. The summed E-state index contributed by atoms with van der Waals surface area (Å²) >= 11 is 1.63. The fraction of sp³-hybridized carbons (Fsp3) is 0.238. The van der Waals surface area contributed by atoms with E-state index in [1.807, 2.05) is 6.07 Å². The predicted molar refractivity (Wildman–Crippen MR) is 110 cm³/mol. The van der Waals surface area contributed by atoms with E-state index >= 15 is 0 Å². The number of morpholine rings is 1. The standard InChI is InChI=1S/C21H22N4OS/c1-16-2-8-19(9-3-16)27-20-10-11-22-21(24-20)23-17-4-6-18(7-5-17)25-12-14-26-15-13-25/h2-11H,12-15H2,1H3,(H,22,23,24). The van der Waals surface area contributed by atoms with Crippen LogP contribution in [0.5, 0.6) is 0 Å². The third-order valence-electron chi connectivity index (χ3n) is 4.37. The molecule has 4 rings (SSSR count). The molecule has 1 aliphatic rings. The average molecular weight is 379 g/mol. The van der Waals surface area contributed by atoms with E-state index in [0.717, 1.165) is 37.0 Å². The molecule has 1 aromatic heterocycles. The van der Waals surface area contributed by atoms with E-state index in [2.05, 4.69) is 75.6 Å². The van der Waals surface area contributed by atoms with Crippen molar-refractivity contribution in [3.8, 4) is 0 Å². The molecule has 0 bridgehead atoms. The van der Waals surface area contributed by atoms with E-state index in [1.165, 1.54) is 16.1 Å². The van der Waals surface area contributed by atoms with Gasteiger partial charge in [0.1, 0.15) is 5.03 Å². The molecular formula is C21H22N4OS. The number of nitrogens with zero attached hydrogens (tertiary/aromatic N) is 3. The van der Waals surface area contributed by atoms with Gasteiger partial charge in [-0.05, 0) is 49.4 Å². The van der Waals surface area contributed by atoms with Crippen molar-refractivity contribution in [2.75, 3.05) is 36.5 Å². The molecule has 2 aromatic carbocycles. The molecule has 2 heterocycles. The van der Waals surface area contributed by atoms with Gasteiger partial charge in [-0.2, -0.15) is 0 Å². The molecule has 0 aliphatic carbocycles. The van der Waals surface area contributed by atoms with Gasteiger partial charge >= 0.3 is 0 Å². The highest BCUT2D eigenvalue weighted by Gasteiger charge is 2.11. The van der Waals surface area contributed by atoms with Crippen LogP contribution in [0.25, 0.3) is 0 Å². The lowest BCUT2D eigenvalue weighted by atomic mass is 10.2. The summed E-state index contributed by atoms with van der Waals surface area (Å²) in [6.45, 7) is 5.55. The molecule has 27 heavy (non-hydrogen) atoms. The van der Waals surface area contributed by atoms with Crippen molar-refractivity contribution < 1.29 is 4.74 Å². The van der Waals surface area contributed by atoms with Crippen LogP contribution < -0.4 is 10.2 Å². The number of aryl methyl sites for hydroxylation is 1. The maximum Gasteiger partial charge on any atom is 0.228 e. The minimum absolute atomic E-state index is 0.603. The Kier molecular flexibility index (Phi) is 5.55. The first kappa shape index (κ1) is 17.8. The molecule has 6 heteroatoms. The zero-order chi connectivity index (χ0) is 18.5. The molecule has 138 valence electrons. The number of aromatic nitrogens is 2. The van der Waals surface area contributed by atoms with Crippen LogP contribution in [0, 0.1) is 6.92 Å². The Hall–Kier alpha value is -2.57. The molecule has 0 atom stereocenters. The Bertz CT molecular complexity index is 877. The summed E-state index contributed by atoms with van der Waals surface area (Å²) in [7, 11) is 0. The van der Waals surface area contributed by atoms with Gasteiger partial charge in [0.25, 0.3) is 0 Å². The molecule has 1 aliphatic heterocycles. The van der Waals surface area contributed by atoms with Crippen molar-refractivity contribution in [2.24, 2.45) is 0 Å². The number of nitrogens with one attached hydrogen (secondary N) is 1. The SMILES string of the molecule is Cc1ccc(Sc2ccnc(Nc3ccc(N4CCOCC4)cc3)n2)cc1. The summed E-state index contributed by atoms with van der Waals surface area (Å²) < 4.78 is 5.41. The van der Waals surface area contributed by atoms with Crippen LogP contribution in [0.2, 0.25) is 0 Å². The van der Waals surface area contributed by atoms with Crippen LogP contribution in [-0.2, 0) is 4.74 Å². The largest absolute Gasteiger partial charge is 0.378 e. The number of hydrogen-bond acceptors (Lipinski definition) is 6. The zero-order valence-electron chi connectivity index (χ0n) is 15.3. The van der Waals surface area contributed by atoms with E-state index in [9.17, 15) is 0 Å². The lowest BCUT2D eigenvalue weighted by Gasteiger charge is -2.28. The Morgan fingerprint density at radius 3 is 2.44 bits per heavy atom. The third-order valence-corrected chi connectivity index (χ3v) is 5.32. The van der Waals surface area contributed by atoms with Gasteiger partial charge in [-0.15, -0.1) is 0 Å². The van der Waals surface area contributed by atoms with Crippen LogP contribution in [0.3, 0.4) is 0 Å². The molecule has 1 fully saturated rings. The van der Waals surface area contributed by atoms with Crippen LogP contribution in [0.1, 0.15) is 5.56 Å². The molecule has 0 amide bonds. The van der Waals surface area contributed by atoms with Gasteiger partial charge in [-0.3, -0.25) is 0 Å². The normalized spacial score (nSPS) is 14.2. The Labute approximate surface area is 163 Å². The highest BCUT2D eigenvalue weighted by molar-refractivity contribution is 7.99. The molecule has 0 unspecified atom stereocenters. The maximum atomic E-state index is 5.41. The van der Waals surface area contributed by atoms with Crippen LogP contribution >= 0.6 is 11.8 Å². The maximum absolute atomic E-state index is 5.41. The van der Waals surface area contributed by atoms with Gasteiger partial charge in [0.2, 0.25) is 5.95 Å². The predicted octanol–water partition coefficient (Wildman–Crippen LogP) is 4.52. The van der Waals surface area contributed by atoms with Crippen LogP contribution in [0.4, 0.5) is 17.3 Å². The van der Waals surface area contributed by atoms with Gasteiger partial charge in [0, 0.05) is 35.6 Å². The number of ether oxygens (including phenoxy) is 1. The third kappa shape index (κ3) is 4.78. The monoisotopic (exact) mass is 378 g/mol. The molecule has 0 saturated carbocycles. The quantitative estimate of drug-likeness (QED) is 0.659. The fourth-order valence-electron chi connectivity index (χ4n) is 2.89. The first-order valence-electron chi connectivity index (χ1n) is 9.04. The van der Waals surface area contributed by atoms with Crippen molar-refractivity contribution in [1.29, 1.82) is 0 Å². The zero-order valence-corrected chi connectivity index (χ0v) is 16.1. The summed E-state index contributed by atoms with van der Waals surface area (Å²) in [5, 5.41) is 4.21. The Morgan fingerprint density at radius 1 is 0.963 bits per heavy atom. The van der Waals surface area contributed by atoms with Gasteiger partial charge in [-0.1, -0.05) is 29.5 Å². The summed E-state index contributed by atoms with van der Waals surface area (Å²) in [5.74, 6) is 0.603. The molecule has 5 nitrogen and oxygen atoms in total. The summed E-state index contributed by atoms with van der Waals surface area (Å²) in [6.07, 6.45) is 1.79. The van der Waals surface area contributed by atoms with Crippen molar-refractivity contribution in [2.45, 2.75) is 16.8 Å². The molecule has 1 saturated heterocycles. The van der Waals surface area contributed by atoms with E-state index in [0.29, 0.717) is 5.95 Å². The van der Waals surface area contributed by atoms with Crippen molar-refractivity contribution in [3.63, 3.8) is 0 Å². The average Bonchev–Trinajstić information content (AvgIpc) is 2.71. The number of anilines is 3. The summed E-state index contributed by atoms with van der Waals surface area (Å²) in [6, 6.07) is 18.7. The van der Waals surface area contributed by atoms with Crippen molar-refractivity contribution in [3.05, 3.63) is 66.4 Å². The van der Waals surface area contributed by atoms with Gasteiger partial charge in [-0.25, -0.2) is 9.97 Å². The second kappa shape index (κ2) is 8.41. The molecule has 3 aromatic rings. The molecular weight excluding hydrogens is 356 g/mol. The van der Waals surface area contributed by atoms with E-state index < -0.39 is 0 Å². The van der Waals surface area contributed by atoms with Gasteiger partial charge in [0.05, 0.1) is 13.2 Å². The second-order valence-corrected chi connectivity index (χ2v) is 7.50. The topological polar surface area (TPSA) is 50.3 Å². The minimum Gasteiger partial charge on any atom is -0.378 e. The van der Waals surface area contributed by atoms with Crippen molar-refractivity contribution in [1.82, 2.24) is 9.97 Å². The Morgan fingerprint density at radius 2 is 1.70 bits per heavy atom. The fourth-order valence-corrected chi connectivity index (χ4v) is 3.67. The lowest BCUT2D eigenvalue weighted by Crippen LogP contribution is -2.36. The second-order valence-electron chi connectivity index (χ2n) is 6.40. The smallest absolute Gasteiger partial charge is 0.228 e. The highest BCUT2D eigenvalue weighted by Crippen LogP contribution is 2.27. The van der Waals surface area contributed by atoms with E-state index in [4.69, 9.17) is 4.74 Å². The number of rotatable bonds is 5. The number of benzene rings is 2. The van der Waals surface area contributed by atoms with E-state index in [-0.39, 0.29) is 0 Å². The lowest BCUT2D eigenvalue weighted by molar-refractivity contribution is 0.122. The van der Waals surface area contributed by atoms with Crippen LogP contribution in [0.15, 0.2) is 70.7 Å². The first-order valence-corrected chi connectivity index (χ1v) is 9.85. The highest BCUT2D eigenvalue weighted by atomic mass is 32.2. The molecule has 1 N–H and O–H groups in total.